The highest BCUT2D eigenvalue weighted by Crippen LogP contribution is 2.32. The molecule has 2 rings (SSSR count). The molecule has 5 heteroatoms. The highest BCUT2D eigenvalue weighted by Gasteiger charge is 2.20. The number of hydrogen-bond donors (Lipinski definition) is 1. The van der Waals surface area contributed by atoms with Gasteiger partial charge < -0.3 is 10.5 Å². The Morgan fingerprint density at radius 1 is 1.25 bits per heavy atom. The molecule has 0 heterocycles. The summed E-state index contributed by atoms with van der Waals surface area (Å²) in [6, 6.07) is 11.2. The molecular formula is C15H14BrClFNO. The molecule has 0 amide bonds. The molecule has 2 atom stereocenters. The van der Waals surface area contributed by atoms with E-state index in [-0.39, 0.29) is 11.9 Å². The monoisotopic (exact) mass is 357 g/mol. The van der Waals surface area contributed by atoms with Gasteiger partial charge in [0, 0.05) is 10.5 Å². The largest absolute Gasteiger partial charge is 0.483 e. The Morgan fingerprint density at radius 2 is 2.00 bits per heavy atom. The normalized spacial score (nSPS) is 13.8. The summed E-state index contributed by atoms with van der Waals surface area (Å²) in [5, 5.41) is 0.474. The van der Waals surface area contributed by atoms with Crippen LogP contribution in [0.15, 0.2) is 46.9 Å². The average molecular weight is 359 g/mol. The number of benzene rings is 2. The first kappa shape index (κ1) is 15.3. The molecular weight excluding hydrogens is 345 g/mol. The Hall–Kier alpha value is -1.10. The SMILES string of the molecule is CC(N)C(Oc1ccc(Br)cc1Cl)c1cccc(F)c1. The molecule has 0 bridgehead atoms. The van der Waals surface area contributed by atoms with Gasteiger partial charge in [0.2, 0.25) is 0 Å². The summed E-state index contributed by atoms with van der Waals surface area (Å²) in [5.74, 6) is 0.195. The third-order valence-corrected chi connectivity index (χ3v) is 3.59. The van der Waals surface area contributed by atoms with Crippen molar-refractivity contribution in [3.05, 3.63) is 63.3 Å². The lowest BCUT2D eigenvalue weighted by molar-refractivity contribution is 0.180. The van der Waals surface area contributed by atoms with Crippen LogP contribution in [-0.2, 0) is 0 Å². The van der Waals surface area contributed by atoms with E-state index >= 15 is 0 Å². The van der Waals surface area contributed by atoms with E-state index in [1.54, 1.807) is 24.3 Å². The summed E-state index contributed by atoms with van der Waals surface area (Å²) in [6.07, 6.45) is -0.468. The molecule has 0 aliphatic rings. The quantitative estimate of drug-likeness (QED) is 0.859. The number of nitrogens with two attached hydrogens (primary N) is 1. The maximum absolute atomic E-state index is 13.3. The van der Waals surface area contributed by atoms with Crippen molar-refractivity contribution in [2.24, 2.45) is 5.73 Å². The Bertz CT molecular complexity index is 606. The van der Waals surface area contributed by atoms with Crippen LogP contribution in [-0.4, -0.2) is 6.04 Å². The van der Waals surface area contributed by atoms with E-state index in [0.717, 1.165) is 4.47 Å². The van der Waals surface area contributed by atoms with Gasteiger partial charge in [0.15, 0.2) is 0 Å². The number of rotatable bonds is 4. The number of halogens is 3. The maximum Gasteiger partial charge on any atom is 0.139 e. The van der Waals surface area contributed by atoms with E-state index in [9.17, 15) is 4.39 Å². The topological polar surface area (TPSA) is 35.2 Å². The molecule has 20 heavy (non-hydrogen) atoms. The van der Waals surface area contributed by atoms with E-state index in [2.05, 4.69) is 15.9 Å². The molecule has 0 aliphatic carbocycles. The van der Waals surface area contributed by atoms with Gasteiger partial charge in [0.05, 0.1) is 5.02 Å². The Labute approximate surface area is 130 Å². The summed E-state index contributed by atoms with van der Waals surface area (Å²) in [6.45, 7) is 1.81. The third-order valence-electron chi connectivity index (χ3n) is 2.80. The molecule has 0 spiro atoms. The summed E-state index contributed by atoms with van der Waals surface area (Å²) >= 11 is 9.46. The van der Waals surface area contributed by atoms with Crippen molar-refractivity contribution in [2.75, 3.05) is 0 Å². The molecule has 0 saturated heterocycles. The fourth-order valence-corrected chi connectivity index (χ4v) is 2.59. The second-order valence-corrected chi connectivity index (χ2v) is 5.85. The predicted molar refractivity (Wildman–Crippen MR) is 82.6 cm³/mol. The molecule has 0 aliphatic heterocycles. The lowest BCUT2D eigenvalue weighted by Gasteiger charge is -2.23. The zero-order valence-corrected chi connectivity index (χ0v) is 13.2. The van der Waals surface area contributed by atoms with Crippen LogP contribution in [0, 0.1) is 5.82 Å². The van der Waals surface area contributed by atoms with Crippen molar-refractivity contribution in [2.45, 2.75) is 19.1 Å². The number of hydrogen-bond acceptors (Lipinski definition) is 2. The fraction of sp³-hybridized carbons (Fsp3) is 0.200. The van der Waals surface area contributed by atoms with Crippen molar-refractivity contribution < 1.29 is 9.13 Å². The summed E-state index contributed by atoms with van der Waals surface area (Å²) < 4.78 is 20.1. The van der Waals surface area contributed by atoms with E-state index in [1.807, 2.05) is 13.0 Å². The van der Waals surface area contributed by atoms with Gasteiger partial charge in [-0.05, 0) is 42.8 Å². The predicted octanol–water partition coefficient (Wildman–Crippen LogP) is 4.71. The molecule has 2 unspecified atom stereocenters. The molecule has 0 saturated carbocycles. The minimum atomic E-state index is -0.468. The Balaban J connectivity index is 2.30. The molecule has 2 aromatic carbocycles. The van der Waals surface area contributed by atoms with Crippen molar-refractivity contribution >= 4 is 27.5 Å². The third kappa shape index (κ3) is 3.72. The minimum Gasteiger partial charge on any atom is -0.483 e. The van der Waals surface area contributed by atoms with Crippen LogP contribution < -0.4 is 10.5 Å². The van der Waals surface area contributed by atoms with Gasteiger partial charge in [-0.3, -0.25) is 0 Å². The fourth-order valence-electron chi connectivity index (χ4n) is 1.87. The molecule has 0 radical (unpaired) electrons. The van der Waals surface area contributed by atoms with E-state index in [4.69, 9.17) is 22.1 Å². The van der Waals surface area contributed by atoms with E-state index in [1.165, 1.54) is 12.1 Å². The Morgan fingerprint density at radius 3 is 2.60 bits per heavy atom. The van der Waals surface area contributed by atoms with Crippen LogP contribution in [0.2, 0.25) is 5.02 Å². The van der Waals surface area contributed by atoms with Gasteiger partial charge in [-0.2, -0.15) is 0 Å². The van der Waals surface area contributed by atoms with E-state index in [0.29, 0.717) is 16.3 Å². The van der Waals surface area contributed by atoms with Crippen molar-refractivity contribution in [1.82, 2.24) is 0 Å². The van der Waals surface area contributed by atoms with Crippen LogP contribution in [0.3, 0.4) is 0 Å². The Kier molecular flexibility index (Phi) is 5.02. The van der Waals surface area contributed by atoms with Gasteiger partial charge in [0.25, 0.3) is 0 Å². The summed E-state index contributed by atoms with van der Waals surface area (Å²) in [7, 11) is 0. The minimum absolute atomic E-state index is 0.309. The molecule has 2 aromatic rings. The standard InChI is InChI=1S/C15H14BrClFNO/c1-9(19)15(10-3-2-4-12(18)7-10)20-14-6-5-11(16)8-13(14)17/h2-9,15H,19H2,1H3. The van der Waals surface area contributed by atoms with Gasteiger partial charge in [-0.25, -0.2) is 4.39 Å². The smallest absolute Gasteiger partial charge is 0.139 e. The zero-order chi connectivity index (χ0) is 14.7. The van der Waals surface area contributed by atoms with Gasteiger partial charge in [0.1, 0.15) is 17.7 Å². The first-order chi connectivity index (χ1) is 9.47. The molecule has 2 N–H and O–H groups in total. The molecule has 0 aromatic heterocycles. The second kappa shape index (κ2) is 6.57. The molecule has 106 valence electrons. The molecule has 0 fully saturated rings. The highest BCUT2D eigenvalue weighted by molar-refractivity contribution is 9.10. The van der Waals surface area contributed by atoms with Gasteiger partial charge in [-0.1, -0.05) is 39.7 Å². The lowest BCUT2D eigenvalue weighted by Crippen LogP contribution is -2.29. The summed E-state index contributed by atoms with van der Waals surface area (Å²) in [5.41, 5.74) is 6.63. The van der Waals surface area contributed by atoms with Gasteiger partial charge in [-0.15, -0.1) is 0 Å². The van der Waals surface area contributed by atoms with Crippen LogP contribution in [0.1, 0.15) is 18.6 Å². The van der Waals surface area contributed by atoms with Crippen molar-refractivity contribution in [3.63, 3.8) is 0 Å². The van der Waals surface area contributed by atoms with Crippen molar-refractivity contribution in [1.29, 1.82) is 0 Å². The summed E-state index contributed by atoms with van der Waals surface area (Å²) in [4.78, 5) is 0. The first-order valence-electron chi connectivity index (χ1n) is 6.10. The second-order valence-electron chi connectivity index (χ2n) is 4.53. The maximum atomic E-state index is 13.3. The lowest BCUT2D eigenvalue weighted by atomic mass is 10.0. The van der Waals surface area contributed by atoms with Gasteiger partial charge >= 0.3 is 0 Å². The van der Waals surface area contributed by atoms with Crippen LogP contribution in [0.25, 0.3) is 0 Å². The first-order valence-corrected chi connectivity index (χ1v) is 7.27. The van der Waals surface area contributed by atoms with Crippen LogP contribution in [0.5, 0.6) is 5.75 Å². The van der Waals surface area contributed by atoms with Crippen LogP contribution >= 0.6 is 27.5 Å². The molecule has 2 nitrogen and oxygen atoms in total. The zero-order valence-electron chi connectivity index (χ0n) is 10.8. The average Bonchev–Trinajstić information content (AvgIpc) is 2.37. The van der Waals surface area contributed by atoms with E-state index < -0.39 is 6.10 Å². The van der Waals surface area contributed by atoms with Crippen molar-refractivity contribution in [3.8, 4) is 5.75 Å². The van der Waals surface area contributed by atoms with Crippen LogP contribution in [0.4, 0.5) is 4.39 Å². The number of ether oxygens (including phenoxy) is 1. The highest BCUT2D eigenvalue weighted by atomic mass is 79.9.